The highest BCUT2D eigenvalue weighted by Crippen LogP contribution is 2.41. The minimum atomic E-state index is -0.738. The van der Waals surface area contributed by atoms with Gasteiger partial charge < -0.3 is 19.9 Å². The van der Waals surface area contributed by atoms with Crippen LogP contribution in [0.5, 0.6) is 5.75 Å². The summed E-state index contributed by atoms with van der Waals surface area (Å²) in [5.74, 6) is -0.526. The molecule has 1 unspecified atom stereocenters. The average Bonchev–Trinajstić information content (AvgIpc) is 2.78. The van der Waals surface area contributed by atoms with Crippen molar-refractivity contribution in [1.82, 2.24) is 0 Å². The van der Waals surface area contributed by atoms with Gasteiger partial charge in [-0.1, -0.05) is 24.3 Å². The van der Waals surface area contributed by atoms with Crippen molar-refractivity contribution < 1.29 is 19.0 Å². The Morgan fingerprint density at radius 1 is 1.22 bits per heavy atom. The van der Waals surface area contributed by atoms with Gasteiger partial charge in [-0.2, -0.15) is 10.5 Å². The maximum absolute atomic E-state index is 12.6. The van der Waals surface area contributed by atoms with E-state index >= 15 is 0 Å². The number of esters is 1. The van der Waals surface area contributed by atoms with Crippen LogP contribution >= 0.6 is 15.9 Å². The molecule has 0 radical (unpaired) electrons. The molecular formula is C24H20BrN3O4. The second kappa shape index (κ2) is 10.0. The van der Waals surface area contributed by atoms with E-state index in [4.69, 9.17) is 19.9 Å². The summed E-state index contributed by atoms with van der Waals surface area (Å²) in [6.45, 7) is 3.71. The molecule has 0 aliphatic carbocycles. The van der Waals surface area contributed by atoms with Crippen LogP contribution in [0.4, 0.5) is 0 Å². The molecule has 162 valence electrons. The molecule has 0 fully saturated rings. The highest BCUT2D eigenvalue weighted by atomic mass is 79.9. The summed E-state index contributed by atoms with van der Waals surface area (Å²) in [4.78, 5) is 12.6. The second-order valence-electron chi connectivity index (χ2n) is 6.86. The van der Waals surface area contributed by atoms with E-state index in [2.05, 4.69) is 28.1 Å². The zero-order valence-electron chi connectivity index (χ0n) is 17.5. The Balaban J connectivity index is 1.94. The predicted octanol–water partition coefficient (Wildman–Crippen LogP) is 4.54. The van der Waals surface area contributed by atoms with Gasteiger partial charge in [0.25, 0.3) is 0 Å². The number of halogens is 1. The molecule has 0 aromatic heterocycles. The van der Waals surface area contributed by atoms with Crippen molar-refractivity contribution in [2.24, 2.45) is 5.73 Å². The molecule has 2 aromatic carbocycles. The molecule has 0 amide bonds. The minimum absolute atomic E-state index is 0.0485. The zero-order chi connectivity index (χ0) is 23.3. The first-order chi connectivity index (χ1) is 15.4. The van der Waals surface area contributed by atoms with Gasteiger partial charge in [-0.3, -0.25) is 0 Å². The maximum Gasteiger partial charge on any atom is 0.338 e. The van der Waals surface area contributed by atoms with Crippen molar-refractivity contribution in [2.75, 3.05) is 6.61 Å². The number of nitrogens with two attached hydrogens (primary N) is 1. The van der Waals surface area contributed by atoms with Crippen LogP contribution in [0.3, 0.4) is 0 Å². The largest absolute Gasteiger partial charge is 0.488 e. The average molecular weight is 494 g/mol. The van der Waals surface area contributed by atoms with Crippen molar-refractivity contribution in [3.63, 3.8) is 0 Å². The van der Waals surface area contributed by atoms with Gasteiger partial charge in [-0.25, -0.2) is 4.79 Å². The van der Waals surface area contributed by atoms with Gasteiger partial charge in [-0.05, 0) is 53.5 Å². The Labute approximate surface area is 194 Å². The summed E-state index contributed by atoms with van der Waals surface area (Å²) in [5, 5.41) is 18.9. The van der Waals surface area contributed by atoms with E-state index in [1.54, 1.807) is 44.2 Å². The fourth-order valence-electron chi connectivity index (χ4n) is 3.41. The zero-order valence-corrected chi connectivity index (χ0v) is 19.1. The number of carbonyl (C=O) groups excluding carboxylic acids is 1. The Morgan fingerprint density at radius 3 is 2.62 bits per heavy atom. The summed E-state index contributed by atoms with van der Waals surface area (Å²) in [7, 11) is 0. The molecule has 1 heterocycles. The van der Waals surface area contributed by atoms with Gasteiger partial charge in [0.1, 0.15) is 29.8 Å². The molecule has 1 aliphatic heterocycles. The first kappa shape index (κ1) is 22.9. The fraction of sp³-hybridized carbons (Fsp3) is 0.208. The predicted molar refractivity (Wildman–Crippen MR) is 120 cm³/mol. The van der Waals surface area contributed by atoms with Crippen molar-refractivity contribution in [3.8, 4) is 17.9 Å². The lowest BCUT2D eigenvalue weighted by atomic mass is 9.83. The van der Waals surface area contributed by atoms with Gasteiger partial charge in [-0.15, -0.1) is 0 Å². The molecule has 0 bridgehead atoms. The smallest absolute Gasteiger partial charge is 0.338 e. The Bertz CT molecular complexity index is 1200. The number of ether oxygens (including phenoxy) is 3. The Morgan fingerprint density at radius 2 is 1.97 bits per heavy atom. The van der Waals surface area contributed by atoms with E-state index in [9.17, 15) is 15.3 Å². The number of carbonyl (C=O) groups is 1. The van der Waals surface area contributed by atoms with Crippen molar-refractivity contribution in [1.29, 1.82) is 10.5 Å². The summed E-state index contributed by atoms with van der Waals surface area (Å²) in [5.41, 5.74) is 8.24. The van der Waals surface area contributed by atoms with Crippen LogP contribution in [0.2, 0.25) is 0 Å². The Kier molecular flexibility index (Phi) is 7.19. The summed E-state index contributed by atoms with van der Waals surface area (Å²) >= 11 is 3.50. The monoisotopic (exact) mass is 493 g/mol. The minimum Gasteiger partial charge on any atom is -0.488 e. The molecule has 7 nitrogen and oxygen atoms in total. The van der Waals surface area contributed by atoms with Crippen LogP contribution in [0.15, 0.2) is 69.7 Å². The molecule has 3 rings (SSSR count). The SMILES string of the molecule is CCOC(=O)C1=C(C)OC(N)=C(C#N)C1c1ccc(OCc2ccccc2C#N)c(Br)c1. The maximum atomic E-state index is 12.6. The lowest BCUT2D eigenvalue weighted by Crippen LogP contribution is -2.25. The molecule has 0 spiro atoms. The second-order valence-corrected chi connectivity index (χ2v) is 7.72. The van der Waals surface area contributed by atoms with Crippen LogP contribution in [0.25, 0.3) is 0 Å². The normalized spacial score (nSPS) is 15.5. The highest BCUT2D eigenvalue weighted by Gasteiger charge is 2.36. The van der Waals surface area contributed by atoms with Crippen LogP contribution in [0.1, 0.15) is 36.5 Å². The standard InChI is InChI=1S/C24H20BrN3O4/c1-3-30-24(29)21-14(2)32-23(28)18(12-27)22(21)15-8-9-20(19(25)10-15)31-13-17-7-5-4-6-16(17)11-26/h4-10,22H,3,13,28H2,1-2H3. The van der Waals surface area contributed by atoms with E-state index in [1.807, 2.05) is 12.1 Å². The lowest BCUT2D eigenvalue weighted by molar-refractivity contribution is -0.139. The fourth-order valence-corrected chi connectivity index (χ4v) is 3.92. The number of nitriles is 2. The van der Waals surface area contributed by atoms with E-state index in [1.165, 1.54) is 0 Å². The van der Waals surface area contributed by atoms with Crippen LogP contribution < -0.4 is 10.5 Å². The van der Waals surface area contributed by atoms with Gasteiger partial charge in [0.2, 0.25) is 5.88 Å². The number of nitrogens with zero attached hydrogens (tertiary/aromatic N) is 2. The number of rotatable bonds is 6. The number of hydrogen-bond donors (Lipinski definition) is 1. The third-order valence-electron chi connectivity index (χ3n) is 4.91. The quantitative estimate of drug-likeness (QED) is 0.586. The first-order valence-electron chi connectivity index (χ1n) is 9.76. The van der Waals surface area contributed by atoms with Gasteiger partial charge in [0.05, 0.1) is 34.2 Å². The molecule has 1 aliphatic rings. The van der Waals surface area contributed by atoms with Crippen LogP contribution in [-0.2, 0) is 20.9 Å². The summed E-state index contributed by atoms with van der Waals surface area (Å²) in [6.07, 6.45) is 0. The topological polar surface area (TPSA) is 118 Å². The number of benzene rings is 2. The highest BCUT2D eigenvalue weighted by molar-refractivity contribution is 9.10. The summed E-state index contributed by atoms with van der Waals surface area (Å²) in [6, 6.07) is 16.6. The third kappa shape index (κ3) is 4.61. The van der Waals surface area contributed by atoms with Gasteiger partial charge >= 0.3 is 5.97 Å². The molecular weight excluding hydrogens is 474 g/mol. The van der Waals surface area contributed by atoms with E-state index in [0.29, 0.717) is 21.3 Å². The molecule has 0 saturated carbocycles. The number of allylic oxidation sites excluding steroid dienone is 2. The van der Waals surface area contributed by atoms with E-state index < -0.39 is 11.9 Å². The van der Waals surface area contributed by atoms with E-state index in [0.717, 1.165) is 5.56 Å². The van der Waals surface area contributed by atoms with Crippen molar-refractivity contribution >= 4 is 21.9 Å². The number of hydrogen-bond acceptors (Lipinski definition) is 7. The van der Waals surface area contributed by atoms with Crippen molar-refractivity contribution in [2.45, 2.75) is 26.4 Å². The molecule has 2 N–H and O–H groups in total. The summed E-state index contributed by atoms with van der Waals surface area (Å²) < 4.78 is 17.1. The van der Waals surface area contributed by atoms with Crippen LogP contribution in [-0.4, -0.2) is 12.6 Å². The molecule has 0 saturated heterocycles. The van der Waals surface area contributed by atoms with Crippen LogP contribution in [0, 0.1) is 22.7 Å². The molecule has 1 atom stereocenters. The Hall–Kier alpha value is -3.75. The van der Waals surface area contributed by atoms with Crippen molar-refractivity contribution in [3.05, 3.63) is 86.4 Å². The van der Waals surface area contributed by atoms with E-state index in [-0.39, 0.29) is 36.0 Å². The molecule has 8 heteroatoms. The molecule has 32 heavy (non-hydrogen) atoms. The van der Waals surface area contributed by atoms with Gasteiger partial charge in [0.15, 0.2) is 0 Å². The van der Waals surface area contributed by atoms with Gasteiger partial charge in [0, 0.05) is 5.56 Å². The third-order valence-corrected chi connectivity index (χ3v) is 5.53. The molecule has 2 aromatic rings. The lowest BCUT2D eigenvalue weighted by Gasteiger charge is -2.27. The first-order valence-corrected chi connectivity index (χ1v) is 10.6.